The summed E-state index contributed by atoms with van der Waals surface area (Å²) in [7, 11) is -3.48. The van der Waals surface area contributed by atoms with Gasteiger partial charge in [0.25, 0.3) is 0 Å². The number of fused-ring (bicyclic) bond motifs is 1. The Balaban J connectivity index is 1.50. The fraction of sp³-hybridized carbons (Fsp3) is 0.250. The first-order valence-corrected chi connectivity index (χ1v) is 10.7. The zero-order valence-corrected chi connectivity index (χ0v) is 16.5. The number of halogens is 1. The second kappa shape index (κ2) is 7.58. The van der Waals surface area contributed by atoms with Gasteiger partial charge in [-0.1, -0.05) is 17.7 Å². The van der Waals surface area contributed by atoms with E-state index in [2.05, 4.69) is 0 Å². The first kappa shape index (κ1) is 19.0. The number of benzene rings is 2. The van der Waals surface area contributed by atoms with Crippen LogP contribution in [0, 0.1) is 0 Å². The smallest absolute Gasteiger partial charge is 0.243 e. The molecule has 0 N–H and O–H groups in total. The van der Waals surface area contributed by atoms with Gasteiger partial charge in [-0.2, -0.15) is 4.31 Å². The number of hydrogen-bond donors (Lipinski definition) is 0. The molecule has 0 atom stereocenters. The molecule has 0 amide bonds. The van der Waals surface area contributed by atoms with Gasteiger partial charge in [0.1, 0.15) is 0 Å². The predicted octanol–water partition coefficient (Wildman–Crippen LogP) is 3.75. The van der Waals surface area contributed by atoms with E-state index in [1.807, 2.05) is 0 Å². The van der Waals surface area contributed by atoms with Gasteiger partial charge in [0, 0.05) is 18.7 Å². The lowest BCUT2D eigenvalue weighted by Gasteiger charge is -2.15. The highest BCUT2D eigenvalue weighted by atomic mass is 35.5. The van der Waals surface area contributed by atoms with Gasteiger partial charge in [0.15, 0.2) is 17.3 Å². The number of rotatable bonds is 5. The maximum Gasteiger partial charge on any atom is 0.243 e. The summed E-state index contributed by atoms with van der Waals surface area (Å²) in [5.74, 6) is 0.801. The van der Waals surface area contributed by atoms with E-state index < -0.39 is 10.0 Å². The van der Waals surface area contributed by atoms with Crippen LogP contribution >= 0.6 is 11.6 Å². The van der Waals surface area contributed by atoms with Gasteiger partial charge in [0.2, 0.25) is 16.8 Å². The topological polar surface area (TPSA) is 72.9 Å². The Labute approximate surface area is 168 Å². The van der Waals surface area contributed by atoms with Crippen molar-refractivity contribution >= 4 is 33.5 Å². The van der Waals surface area contributed by atoms with Crippen molar-refractivity contribution in [3.05, 3.63) is 58.6 Å². The highest BCUT2D eigenvalue weighted by Crippen LogP contribution is 2.40. The van der Waals surface area contributed by atoms with E-state index >= 15 is 0 Å². The highest BCUT2D eigenvalue weighted by Gasteiger charge is 2.27. The summed E-state index contributed by atoms with van der Waals surface area (Å²) in [6.45, 7) is 1.21. The minimum Gasteiger partial charge on any atom is -0.454 e. The number of carbonyl (C=O) groups is 1. The van der Waals surface area contributed by atoms with E-state index in [-0.39, 0.29) is 17.5 Å². The molecule has 2 aromatic rings. The third-order valence-electron chi connectivity index (χ3n) is 4.72. The van der Waals surface area contributed by atoms with E-state index in [9.17, 15) is 13.2 Å². The fourth-order valence-corrected chi connectivity index (χ4v) is 5.01. The first-order chi connectivity index (χ1) is 13.4. The van der Waals surface area contributed by atoms with Crippen LogP contribution < -0.4 is 9.47 Å². The summed E-state index contributed by atoms with van der Waals surface area (Å²) in [5.41, 5.74) is 1.11. The number of sulfonamides is 1. The number of ketones is 1. The van der Waals surface area contributed by atoms with Gasteiger partial charge in [-0.25, -0.2) is 8.42 Å². The van der Waals surface area contributed by atoms with E-state index in [4.69, 9.17) is 21.1 Å². The third-order valence-corrected chi connectivity index (χ3v) is 6.91. The molecule has 2 aromatic carbocycles. The molecule has 2 heterocycles. The molecule has 0 aromatic heterocycles. The lowest BCUT2D eigenvalue weighted by atomic mass is 10.1. The molecular weight excluding hydrogens is 402 g/mol. The van der Waals surface area contributed by atoms with Crippen LogP contribution in [0.15, 0.2) is 47.4 Å². The zero-order valence-electron chi connectivity index (χ0n) is 14.9. The number of hydrogen-bond acceptors (Lipinski definition) is 5. The average Bonchev–Trinajstić information content (AvgIpc) is 3.38. The fourth-order valence-electron chi connectivity index (χ4n) is 3.22. The van der Waals surface area contributed by atoms with Crippen LogP contribution in [0.4, 0.5) is 0 Å². The summed E-state index contributed by atoms with van der Waals surface area (Å²) in [4.78, 5) is 12.6. The summed E-state index contributed by atoms with van der Waals surface area (Å²) >= 11 is 6.14. The van der Waals surface area contributed by atoms with Gasteiger partial charge >= 0.3 is 0 Å². The van der Waals surface area contributed by atoms with Crippen LogP contribution in [0.1, 0.15) is 28.8 Å². The first-order valence-electron chi connectivity index (χ1n) is 8.87. The zero-order chi connectivity index (χ0) is 19.7. The van der Waals surface area contributed by atoms with Gasteiger partial charge in [-0.05, 0) is 60.9 Å². The normalized spacial score (nSPS) is 16.8. The summed E-state index contributed by atoms with van der Waals surface area (Å²) in [6.07, 6.45) is 4.80. The van der Waals surface area contributed by atoms with Crippen LogP contribution in [0.5, 0.6) is 11.5 Å². The standard InChI is InChI=1S/C20H18ClNO5S/c21-17-11-14(12-19-20(17)27-13-26-19)3-8-18(23)15-4-6-16(7-5-15)28(24,25)22-9-1-2-10-22/h3-8,11-12H,1-2,9-10,13H2/b8-3+. The minimum absolute atomic E-state index is 0.119. The molecule has 8 heteroatoms. The minimum atomic E-state index is -3.48. The molecule has 0 bridgehead atoms. The van der Waals surface area contributed by atoms with Crippen molar-refractivity contribution in [1.82, 2.24) is 4.31 Å². The van der Waals surface area contributed by atoms with Crippen molar-refractivity contribution in [1.29, 1.82) is 0 Å². The Morgan fingerprint density at radius 1 is 1.07 bits per heavy atom. The van der Waals surface area contributed by atoms with Crippen LogP contribution in [-0.4, -0.2) is 38.4 Å². The quantitative estimate of drug-likeness (QED) is 0.545. The van der Waals surface area contributed by atoms with Gasteiger partial charge in [-0.3, -0.25) is 4.79 Å². The molecule has 146 valence electrons. The van der Waals surface area contributed by atoms with Gasteiger partial charge < -0.3 is 9.47 Å². The average molecular weight is 420 g/mol. The Kier molecular flexibility index (Phi) is 5.14. The Bertz CT molecular complexity index is 1040. The summed E-state index contributed by atoms with van der Waals surface area (Å²) in [6, 6.07) is 9.44. The summed E-state index contributed by atoms with van der Waals surface area (Å²) < 4.78 is 37.1. The van der Waals surface area contributed by atoms with E-state index in [1.165, 1.54) is 34.6 Å². The number of ether oxygens (including phenoxy) is 2. The van der Waals surface area contributed by atoms with Crippen LogP contribution in [-0.2, 0) is 10.0 Å². The molecule has 0 spiro atoms. The lowest BCUT2D eigenvalue weighted by Crippen LogP contribution is -2.27. The monoisotopic (exact) mass is 419 g/mol. The number of nitrogens with zero attached hydrogens (tertiary/aromatic N) is 1. The van der Waals surface area contributed by atoms with Gasteiger partial charge in [-0.15, -0.1) is 0 Å². The molecule has 0 aliphatic carbocycles. The molecule has 2 aliphatic rings. The van der Waals surface area contributed by atoms with Crippen molar-refractivity contribution in [2.24, 2.45) is 0 Å². The van der Waals surface area contributed by atoms with Gasteiger partial charge in [0.05, 0.1) is 9.92 Å². The van der Waals surface area contributed by atoms with E-state index in [0.717, 1.165) is 12.8 Å². The van der Waals surface area contributed by atoms with Crippen LogP contribution in [0.3, 0.4) is 0 Å². The van der Waals surface area contributed by atoms with Crippen LogP contribution in [0.2, 0.25) is 5.02 Å². The lowest BCUT2D eigenvalue weighted by molar-refractivity contribution is 0.104. The Morgan fingerprint density at radius 3 is 2.50 bits per heavy atom. The number of carbonyl (C=O) groups excluding carboxylic acids is 1. The second-order valence-corrected chi connectivity index (χ2v) is 8.91. The maximum absolute atomic E-state index is 12.5. The molecular formula is C20H18ClNO5S. The second-order valence-electron chi connectivity index (χ2n) is 6.57. The molecule has 4 rings (SSSR count). The van der Waals surface area contributed by atoms with Crippen molar-refractivity contribution in [2.75, 3.05) is 19.9 Å². The van der Waals surface area contributed by atoms with E-state index in [0.29, 0.717) is 40.7 Å². The molecule has 0 saturated carbocycles. The highest BCUT2D eigenvalue weighted by molar-refractivity contribution is 7.89. The molecule has 28 heavy (non-hydrogen) atoms. The van der Waals surface area contributed by atoms with Crippen molar-refractivity contribution in [3.63, 3.8) is 0 Å². The Morgan fingerprint density at radius 2 is 1.79 bits per heavy atom. The Hall–Kier alpha value is -2.35. The molecule has 1 saturated heterocycles. The largest absolute Gasteiger partial charge is 0.454 e. The molecule has 0 radical (unpaired) electrons. The molecule has 1 fully saturated rings. The van der Waals surface area contributed by atoms with Crippen LogP contribution in [0.25, 0.3) is 6.08 Å². The van der Waals surface area contributed by atoms with Crippen molar-refractivity contribution in [2.45, 2.75) is 17.7 Å². The van der Waals surface area contributed by atoms with Crippen molar-refractivity contribution < 1.29 is 22.7 Å². The number of allylic oxidation sites excluding steroid dienone is 1. The van der Waals surface area contributed by atoms with E-state index in [1.54, 1.807) is 18.2 Å². The summed E-state index contributed by atoms with van der Waals surface area (Å²) in [5, 5.41) is 0.415. The predicted molar refractivity (Wildman–Crippen MR) is 105 cm³/mol. The molecule has 6 nitrogen and oxygen atoms in total. The SMILES string of the molecule is O=C(/C=C/c1cc(Cl)c2c(c1)OCO2)c1ccc(S(=O)(=O)N2CCCC2)cc1. The maximum atomic E-state index is 12.5. The molecule has 0 unspecified atom stereocenters. The third kappa shape index (κ3) is 3.65. The van der Waals surface area contributed by atoms with Crippen molar-refractivity contribution in [3.8, 4) is 11.5 Å². The molecule has 2 aliphatic heterocycles.